The zero-order valence-corrected chi connectivity index (χ0v) is 15.2. The van der Waals surface area contributed by atoms with Crippen LogP contribution in [0.25, 0.3) is 0 Å². The van der Waals surface area contributed by atoms with Crippen LogP contribution in [0, 0.1) is 0 Å². The minimum absolute atomic E-state index is 0.259. The Labute approximate surface area is 150 Å². The molecule has 25 heavy (non-hydrogen) atoms. The number of esters is 1. The average Bonchev–Trinajstić information content (AvgIpc) is 2.96. The van der Waals surface area contributed by atoms with E-state index in [9.17, 15) is 4.79 Å². The average molecular weight is 337 g/mol. The Kier molecular flexibility index (Phi) is 5.42. The maximum Gasteiger partial charge on any atom is 0.339 e. The van der Waals surface area contributed by atoms with Gasteiger partial charge in [-0.1, -0.05) is 57.0 Å². The zero-order valence-electron chi connectivity index (χ0n) is 15.2. The number of benzene rings is 2. The normalized spacial score (nSPS) is 15.9. The number of unbranched alkanes of at least 4 members (excludes halogenated alkanes) is 2. The van der Waals surface area contributed by atoms with Crippen molar-refractivity contribution >= 4 is 11.7 Å². The second-order valence-electron chi connectivity index (χ2n) is 6.79. The van der Waals surface area contributed by atoms with Crippen molar-refractivity contribution in [1.29, 1.82) is 0 Å². The summed E-state index contributed by atoms with van der Waals surface area (Å²) in [5.41, 5.74) is 12.5. The van der Waals surface area contributed by atoms with Gasteiger partial charge >= 0.3 is 5.97 Å². The first kappa shape index (κ1) is 17.5. The van der Waals surface area contributed by atoms with E-state index in [-0.39, 0.29) is 12.1 Å². The number of aryl methyl sites for hydroxylation is 1. The monoisotopic (exact) mass is 337 g/mol. The van der Waals surface area contributed by atoms with Gasteiger partial charge in [0.25, 0.3) is 0 Å². The van der Waals surface area contributed by atoms with Crippen LogP contribution in [0.15, 0.2) is 36.4 Å². The van der Waals surface area contributed by atoms with Gasteiger partial charge in [0.1, 0.15) is 0 Å². The lowest BCUT2D eigenvalue weighted by Crippen LogP contribution is -2.09. The first-order valence-corrected chi connectivity index (χ1v) is 9.37. The first-order valence-electron chi connectivity index (χ1n) is 9.37. The summed E-state index contributed by atoms with van der Waals surface area (Å²) in [5, 5.41) is 0. The number of ether oxygens (including phenoxy) is 1. The summed E-state index contributed by atoms with van der Waals surface area (Å²) in [4.78, 5) is 12.2. The van der Waals surface area contributed by atoms with Gasteiger partial charge in [-0.15, -0.1) is 0 Å². The van der Waals surface area contributed by atoms with E-state index in [2.05, 4.69) is 26.0 Å². The molecule has 0 aliphatic carbocycles. The van der Waals surface area contributed by atoms with Crippen molar-refractivity contribution in [2.75, 3.05) is 5.73 Å². The molecule has 1 aliphatic heterocycles. The van der Waals surface area contributed by atoms with Gasteiger partial charge in [-0.05, 0) is 42.9 Å². The molecule has 0 fully saturated rings. The summed E-state index contributed by atoms with van der Waals surface area (Å²) >= 11 is 0. The van der Waals surface area contributed by atoms with E-state index in [1.165, 1.54) is 24.0 Å². The molecular formula is C22H27NO2. The van der Waals surface area contributed by atoms with Gasteiger partial charge in [0.15, 0.2) is 6.10 Å². The molecule has 1 heterocycles. The van der Waals surface area contributed by atoms with Crippen LogP contribution < -0.4 is 5.73 Å². The first-order chi connectivity index (χ1) is 12.2. The Morgan fingerprint density at radius 1 is 0.960 bits per heavy atom. The molecule has 3 heteroatoms. The zero-order chi connectivity index (χ0) is 17.8. The molecule has 1 aliphatic rings. The number of nitrogens with two attached hydrogens (primary N) is 1. The third-order valence-corrected chi connectivity index (χ3v) is 5.04. The predicted octanol–water partition coefficient (Wildman–Crippen LogP) is 5.21. The predicted molar refractivity (Wildman–Crippen MR) is 102 cm³/mol. The van der Waals surface area contributed by atoms with Crippen LogP contribution in [0.5, 0.6) is 0 Å². The maximum atomic E-state index is 12.2. The second-order valence-corrected chi connectivity index (χ2v) is 6.79. The van der Waals surface area contributed by atoms with Crippen molar-refractivity contribution in [3.63, 3.8) is 0 Å². The SMILES string of the molecule is CCCCc1ccc(C2OC(=O)c3ccccc32)c(N)c1CCCC. The van der Waals surface area contributed by atoms with E-state index in [1.807, 2.05) is 24.3 Å². The fraction of sp³-hybridized carbons (Fsp3) is 0.409. The summed E-state index contributed by atoms with van der Waals surface area (Å²) in [6.07, 6.45) is 6.25. The summed E-state index contributed by atoms with van der Waals surface area (Å²) in [6, 6.07) is 11.8. The number of anilines is 1. The van der Waals surface area contributed by atoms with Crippen LogP contribution in [0.2, 0.25) is 0 Å². The van der Waals surface area contributed by atoms with Crippen molar-refractivity contribution in [2.45, 2.75) is 58.5 Å². The maximum absolute atomic E-state index is 12.2. The van der Waals surface area contributed by atoms with Gasteiger partial charge in [-0.25, -0.2) is 4.79 Å². The molecular weight excluding hydrogens is 310 g/mol. The number of nitrogen functional groups attached to an aromatic ring is 1. The lowest BCUT2D eigenvalue weighted by atomic mass is 9.90. The largest absolute Gasteiger partial charge is 0.449 e. The van der Waals surface area contributed by atoms with Crippen LogP contribution in [0.3, 0.4) is 0 Å². The number of rotatable bonds is 7. The third kappa shape index (κ3) is 3.41. The number of fused-ring (bicyclic) bond motifs is 1. The van der Waals surface area contributed by atoms with Crippen LogP contribution in [-0.4, -0.2) is 5.97 Å². The van der Waals surface area contributed by atoms with Crippen molar-refractivity contribution in [2.24, 2.45) is 0 Å². The molecule has 132 valence electrons. The highest BCUT2D eigenvalue weighted by Crippen LogP contribution is 2.40. The molecule has 0 spiro atoms. The standard InChI is InChI=1S/C22H27NO2/c1-3-5-9-15-13-14-19(20(23)16(15)10-6-4-2)21-17-11-7-8-12-18(17)22(24)25-21/h7-8,11-14,21H,3-6,9-10,23H2,1-2H3. The van der Waals surface area contributed by atoms with E-state index in [1.54, 1.807) is 0 Å². The Bertz CT molecular complexity index is 767. The Morgan fingerprint density at radius 2 is 1.68 bits per heavy atom. The van der Waals surface area contributed by atoms with E-state index in [0.29, 0.717) is 5.56 Å². The van der Waals surface area contributed by atoms with Crippen LogP contribution in [0.4, 0.5) is 5.69 Å². The molecule has 3 rings (SSSR count). The fourth-order valence-corrected chi connectivity index (χ4v) is 3.58. The molecule has 0 saturated heterocycles. The van der Waals surface area contributed by atoms with E-state index in [4.69, 9.17) is 10.5 Å². The molecule has 2 aromatic rings. The molecule has 1 atom stereocenters. The van der Waals surface area contributed by atoms with Crippen molar-refractivity contribution in [3.8, 4) is 0 Å². The lowest BCUT2D eigenvalue weighted by Gasteiger charge is -2.19. The lowest BCUT2D eigenvalue weighted by molar-refractivity contribution is 0.0457. The van der Waals surface area contributed by atoms with Gasteiger partial charge in [-0.3, -0.25) is 0 Å². The van der Waals surface area contributed by atoms with Crippen molar-refractivity contribution < 1.29 is 9.53 Å². The minimum Gasteiger partial charge on any atom is -0.449 e. The minimum atomic E-state index is -0.385. The highest BCUT2D eigenvalue weighted by Gasteiger charge is 2.33. The highest BCUT2D eigenvalue weighted by atomic mass is 16.5. The Morgan fingerprint density at radius 3 is 2.44 bits per heavy atom. The number of cyclic esters (lactones) is 1. The molecule has 0 amide bonds. The number of carbonyl (C=O) groups is 1. The van der Waals surface area contributed by atoms with Crippen molar-refractivity contribution in [1.82, 2.24) is 0 Å². The fourth-order valence-electron chi connectivity index (χ4n) is 3.58. The second kappa shape index (κ2) is 7.73. The molecule has 1 unspecified atom stereocenters. The van der Waals surface area contributed by atoms with E-state index < -0.39 is 0 Å². The van der Waals surface area contributed by atoms with Crippen LogP contribution in [0.1, 0.15) is 78.2 Å². The molecule has 0 aromatic heterocycles. The van der Waals surface area contributed by atoms with Gasteiger partial charge in [0, 0.05) is 16.8 Å². The van der Waals surface area contributed by atoms with Gasteiger partial charge in [0.05, 0.1) is 5.56 Å². The smallest absolute Gasteiger partial charge is 0.339 e. The summed E-state index contributed by atoms with van der Waals surface area (Å²) in [7, 11) is 0. The molecule has 3 nitrogen and oxygen atoms in total. The van der Waals surface area contributed by atoms with Crippen molar-refractivity contribution in [3.05, 3.63) is 64.2 Å². The number of hydrogen-bond acceptors (Lipinski definition) is 3. The van der Waals surface area contributed by atoms with Crippen LogP contribution in [-0.2, 0) is 17.6 Å². The third-order valence-electron chi connectivity index (χ3n) is 5.04. The summed E-state index contributed by atoms with van der Waals surface area (Å²) in [5.74, 6) is -0.259. The Balaban J connectivity index is 2.01. The molecule has 0 saturated carbocycles. The van der Waals surface area contributed by atoms with Gasteiger partial charge in [0.2, 0.25) is 0 Å². The van der Waals surface area contributed by atoms with Crippen LogP contribution >= 0.6 is 0 Å². The molecule has 2 aromatic carbocycles. The molecule has 0 radical (unpaired) electrons. The highest BCUT2D eigenvalue weighted by molar-refractivity contribution is 5.94. The number of hydrogen-bond donors (Lipinski definition) is 1. The van der Waals surface area contributed by atoms with E-state index in [0.717, 1.165) is 42.5 Å². The summed E-state index contributed by atoms with van der Waals surface area (Å²) < 4.78 is 5.66. The summed E-state index contributed by atoms with van der Waals surface area (Å²) in [6.45, 7) is 4.40. The molecule has 2 N–H and O–H groups in total. The Hall–Kier alpha value is -2.29. The quantitative estimate of drug-likeness (QED) is 0.557. The van der Waals surface area contributed by atoms with Gasteiger partial charge < -0.3 is 10.5 Å². The molecule has 0 bridgehead atoms. The van der Waals surface area contributed by atoms with Gasteiger partial charge in [-0.2, -0.15) is 0 Å². The number of carbonyl (C=O) groups excluding carboxylic acids is 1. The topological polar surface area (TPSA) is 52.3 Å². The van der Waals surface area contributed by atoms with E-state index >= 15 is 0 Å².